The van der Waals surface area contributed by atoms with Crippen molar-refractivity contribution in [2.75, 3.05) is 11.6 Å². The zero-order valence-electron chi connectivity index (χ0n) is 19.8. The van der Waals surface area contributed by atoms with E-state index in [-0.39, 0.29) is 18.5 Å². The molecule has 1 aromatic heterocycles. The summed E-state index contributed by atoms with van der Waals surface area (Å²) in [4.78, 5) is 40.8. The van der Waals surface area contributed by atoms with Gasteiger partial charge in [-0.3, -0.25) is 4.79 Å². The van der Waals surface area contributed by atoms with Crippen molar-refractivity contribution in [1.82, 2.24) is 14.3 Å². The minimum absolute atomic E-state index is 0.0557. The highest BCUT2D eigenvalue weighted by molar-refractivity contribution is 5.98. The second kappa shape index (κ2) is 10.2. The number of aryl methyl sites for hydroxylation is 2. The molecule has 0 aliphatic carbocycles. The van der Waals surface area contributed by atoms with E-state index in [9.17, 15) is 36.3 Å². The lowest BCUT2D eigenvalue weighted by Crippen LogP contribution is -2.41. The van der Waals surface area contributed by atoms with Gasteiger partial charge in [0.2, 0.25) is 0 Å². The summed E-state index contributed by atoms with van der Waals surface area (Å²) in [6.45, 7) is 0.649. The van der Waals surface area contributed by atoms with Crippen LogP contribution in [0.15, 0.2) is 59.2 Å². The van der Waals surface area contributed by atoms with E-state index in [2.05, 4.69) is 9.94 Å². The van der Waals surface area contributed by atoms with Crippen LogP contribution in [0.3, 0.4) is 0 Å². The Kier molecular flexibility index (Phi) is 7.18. The van der Waals surface area contributed by atoms with Crippen molar-refractivity contribution in [3.05, 3.63) is 76.0 Å². The predicted octanol–water partition coefficient (Wildman–Crippen LogP) is 3.42. The van der Waals surface area contributed by atoms with Crippen LogP contribution < -0.4 is 16.5 Å². The minimum Gasteiger partial charge on any atom is -0.327 e. The molecule has 0 unspecified atom stereocenters. The Hall–Kier alpha value is -4.33. The van der Waals surface area contributed by atoms with Crippen LogP contribution in [0.4, 0.5) is 27.6 Å². The van der Waals surface area contributed by atoms with Gasteiger partial charge in [0.15, 0.2) is 0 Å². The average Bonchev–Trinajstić information content (AvgIpc) is 3.23. The monoisotopic (exact) mass is 537 g/mol. The normalized spacial score (nSPS) is 13.3. The van der Waals surface area contributed by atoms with Gasteiger partial charge < -0.3 is 10.6 Å². The van der Waals surface area contributed by atoms with Crippen molar-refractivity contribution in [2.24, 2.45) is 5.73 Å². The first-order chi connectivity index (χ1) is 17.9. The number of aromatic nitrogens is 3. The quantitative estimate of drug-likeness (QED) is 0.483. The molecule has 0 saturated heterocycles. The number of carbonyl (C=O) groups is 2. The van der Waals surface area contributed by atoms with Gasteiger partial charge in [0.25, 0.3) is 12.0 Å². The summed E-state index contributed by atoms with van der Waals surface area (Å²) < 4.78 is 66.1. The molecular weight excluding hydrogens is 517 g/mol. The third-order valence-electron chi connectivity index (χ3n) is 5.87. The molecule has 2 N–H and O–H groups in total. The molecule has 1 amide bonds. The molecule has 2 heterocycles. The summed E-state index contributed by atoms with van der Waals surface area (Å²) in [5.41, 5.74) is 6.74. The number of nitrogens with two attached hydrogens (primary N) is 1. The Morgan fingerprint density at radius 3 is 2.50 bits per heavy atom. The molecule has 0 atom stereocenters. The number of carbonyl (C=O) groups excluding carboxylic acids is 2. The Bertz CT molecular complexity index is 1500. The molecule has 2 aromatic carbocycles. The Morgan fingerprint density at radius 1 is 1.11 bits per heavy atom. The van der Waals surface area contributed by atoms with Gasteiger partial charge in [-0.15, -0.1) is 5.06 Å². The molecule has 200 valence electrons. The van der Waals surface area contributed by atoms with E-state index in [1.54, 1.807) is 43.3 Å². The Morgan fingerprint density at radius 2 is 1.84 bits per heavy atom. The fourth-order valence-electron chi connectivity index (χ4n) is 4.04. The summed E-state index contributed by atoms with van der Waals surface area (Å²) in [5.74, 6) is -3.30. The molecule has 38 heavy (non-hydrogen) atoms. The van der Waals surface area contributed by atoms with Crippen LogP contribution in [0.5, 0.6) is 0 Å². The number of anilines is 1. The number of hydrogen-bond acceptors (Lipinski definition) is 6. The van der Waals surface area contributed by atoms with Crippen molar-refractivity contribution < 1.29 is 36.4 Å². The number of rotatable bonds is 6. The third kappa shape index (κ3) is 5.20. The van der Waals surface area contributed by atoms with Gasteiger partial charge in [-0.25, -0.2) is 18.8 Å². The zero-order chi connectivity index (χ0) is 27.8. The predicted molar refractivity (Wildman–Crippen MR) is 124 cm³/mol. The summed E-state index contributed by atoms with van der Waals surface area (Å²) in [6, 6.07) is 9.87. The van der Waals surface area contributed by atoms with E-state index >= 15 is 0 Å². The van der Waals surface area contributed by atoms with E-state index in [0.717, 1.165) is 9.25 Å². The molecule has 14 heteroatoms. The molecule has 9 nitrogen and oxygen atoms in total. The molecule has 0 fully saturated rings. The van der Waals surface area contributed by atoms with Crippen molar-refractivity contribution in [2.45, 2.75) is 32.5 Å². The number of benzene rings is 2. The highest BCUT2D eigenvalue weighted by Crippen LogP contribution is 2.36. The number of amides is 1. The Labute approximate surface area is 211 Å². The van der Waals surface area contributed by atoms with Crippen LogP contribution in [-0.2, 0) is 27.4 Å². The lowest BCUT2D eigenvalue weighted by molar-refractivity contribution is -0.201. The van der Waals surface area contributed by atoms with E-state index in [1.165, 1.54) is 6.33 Å². The van der Waals surface area contributed by atoms with Crippen molar-refractivity contribution in [3.8, 4) is 16.8 Å². The average molecular weight is 537 g/mol. The molecule has 0 bridgehead atoms. The van der Waals surface area contributed by atoms with Crippen LogP contribution in [0, 0.1) is 6.92 Å². The van der Waals surface area contributed by atoms with Gasteiger partial charge in [0, 0.05) is 18.5 Å². The second-order valence-corrected chi connectivity index (χ2v) is 8.43. The maximum absolute atomic E-state index is 13.0. The molecule has 0 saturated carbocycles. The Balaban J connectivity index is 1.68. The SMILES string of the molecule is Cc1cc(-c2cccc(-n3cnn(CC(CN)=C(F)F)c3=O)c2)cc2c1N(OC(=O)C(F)(F)F)C(=O)CC2. The van der Waals surface area contributed by atoms with Crippen LogP contribution in [0.1, 0.15) is 17.5 Å². The van der Waals surface area contributed by atoms with Gasteiger partial charge in [-0.2, -0.15) is 27.1 Å². The summed E-state index contributed by atoms with van der Waals surface area (Å²) >= 11 is 0. The largest absolute Gasteiger partial charge is 0.493 e. The molecule has 3 aromatic rings. The van der Waals surface area contributed by atoms with Gasteiger partial charge >= 0.3 is 17.8 Å². The van der Waals surface area contributed by atoms with Gasteiger partial charge in [0.05, 0.1) is 17.9 Å². The van der Waals surface area contributed by atoms with Crippen molar-refractivity contribution in [3.63, 3.8) is 0 Å². The van der Waals surface area contributed by atoms with Crippen molar-refractivity contribution in [1.29, 1.82) is 0 Å². The highest BCUT2D eigenvalue weighted by Gasteiger charge is 2.44. The lowest BCUT2D eigenvalue weighted by atomic mass is 9.93. The number of halogens is 5. The topological polar surface area (TPSA) is 112 Å². The van der Waals surface area contributed by atoms with Crippen LogP contribution >= 0.6 is 0 Å². The molecule has 1 aliphatic heterocycles. The lowest BCUT2D eigenvalue weighted by Gasteiger charge is -2.29. The highest BCUT2D eigenvalue weighted by atomic mass is 19.4. The van der Waals surface area contributed by atoms with Crippen LogP contribution in [0.2, 0.25) is 0 Å². The third-order valence-corrected chi connectivity index (χ3v) is 5.87. The van der Waals surface area contributed by atoms with Gasteiger partial charge in [-0.05, 0) is 59.9 Å². The van der Waals surface area contributed by atoms with E-state index in [4.69, 9.17) is 5.73 Å². The fourth-order valence-corrected chi connectivity index (χ4v) is 4.04. The van der Waals surface area contributed by atoms with Crippen molar-refractivity contribution >= 4 is 17.6 Å². The van der Waals surface area contributed by atoms with E-state index in [0.29, 0.717) is 33.0 Å². The minimum atomic E-state index is -5.28. The number of alkyl halides is 3. The first-order valence-corrected chi connectivity index (χ1v) is 11.1. The van der Waals surface area contributed by atoms with E-state index in [1.807, 2.05) is 0 Å². The molecule has 0 spiro atoms. The second-order valence-electron chi connectivity index (χ2n) is 8.43. The first-order valence-electron chi connectivity index (χ1n) is 11.1. The molecule has 1 aliphatic rings. The summed E-state index contributed by atoms with van der Waals surface area (Å²) in [5, 5.41) is 4.26. The van der Waals surface area contributed by atoms with Gasteiger partial charge in [-0.1, -0.05) is 12.1 Å². The number of fused-ring (bicyclic) bond motifs is 1. The first kappa shape index (κ1) is 26.7. The maximum atomic E-state index is 13.0. The maximum Gasteiger partial charge on any atom is 0.493 e. The zero-order valence-corrected chi connectivity index (χ0v) is 19.8. The molecular formula is C24H20F5N5O4. The molecule has 0 radical (unpaired) electrons. The summed E-state index contributed by atoms with van der Waals surface area (Å²) in [7, 11) is 0. The van der Waals surface area contributed by atoms with Gasteiger partial charge in [0.1, 0.15) is 6.33 Å². The standard InChI is InChI=1S/C24H20F5N5O4/c1-13-7-16(8-15-5-6-19(35)34(20(13)15)38-22(36)24(27,28)29)14-3-2-4-18(9-14)32-12-31-33(23(32)37)11-17(10-30)21(25)26/h2-4,7-9,12H,5-6,10-11,30H2,1H3. The number of hydroxylamine groups is 1. The molecule has 4 rings (SSSR count). The number of nitrogens with zero attached hydrogens (tertiary/aromatic N) is 4. The van der Waals surface area contributed by atoms with Crippen LogP contribution in [0.25, 0.3) is 16.8 Å². The fraction of sp³-hybridized carbons (Fsp3) is 0.250. The van der Waals surface area contributed by atoms with E-state index < -0.39 is 48.5 Å². The number of hydrogen-bond donors (Lipinski definition) is 1. The summed E-state index contributed by atoms with van der Waals surface area (Å²) in [6.07, 6.45) is -6.04. The smallest absolute Gasteiger partial charge is 0.327 e. The van der Waals surface area contributed by atoms with Crippen LogP contribution in [-0.4, -0.2) is 38.9 Å².